The molecule has 0 radical (unpaired) electrons. The van der Waals surface area contributed by atoms with E-state index in [1.54, 1.807) is 11.3 Å². The van der Waals surface area contributed by atoms with Crippen LogP contribution in [0.2, 0.25) is 0 Å². The first-order valence-electron chi connectivity index (χ1n) is 3.69. The lowest BCUT2D eigenvalue weighted by molar-refractivity contribution is 0.454. The zero-order valence-corrected chi connectivity index (χ0v) is 6.15. The van der Waals surface area contributed by atoms with E-state index in [0.717, 1.165) is 5.92 Å². The van der Waals surface area contributed by atoms with E-state index in [1.807, 2.05) is 0 Å². The molecule has 1 heterocycles. The monoisotopic (exact) mass is 123 g/mol. The van der Waals surface area contributed by atoms with Crippen molar-refractivity contribution in [3.05, 3.63) is 11.3 Å². The zero-order chi connectivity index (χ0) is 6.43. The summed E-state index contributed by atoms with van der Waals surface area (Å²) < 4.78 is 0. The van der Waals surface area contributed by atoms with Gasteiger partial charge in [-0.15, -0.1) is 0 Å². The minimum absolute atomic E-state index is 0.974. The maximum absolute atomic E-state index is 2.33. The summed E-state index contributed by atoms with van der Waals surface area (Å²) in [6.07, 6.45) is 2.75. The quantitative estimate of drug-likeness (QED) is 0.442. The molecular weight excluding hydrogens is 110 g/mol. The molecule has 0 N–H and O–H groups in total. The Morgan fingerprint density at radius 1 is 1.44 bits per heavy atom. The molecule has 1 aliphatic carbocycles. The van der Waals surface area contributed by atoms with Crippen LogP contribution in [0.4, 0.5) is 0 Å². The summed E-state index contributed by atoms with van der Waals surface area (Å²) in [6.45, 7) is 3.58. The third-order valence-corrected chi connectivity index (χ3v) is 2.34. The molecule has 0 unspecified atom stereocenters. The highest BCUT2D eigenvalue weighted by molar-refractivity contribution is 5.29. The van der Waals surface area contributed by atoms with E-state index in [-0.39, 0.29) is 0 Å². The van der Waals surface area contributed by atoms with Crippen LogP contribution in [-0.2, 0) is 0 Å². The molecular formula is C8H13N. The fraction of sp³-hybridized carbons (Fsp3) is 0.750. The van der Waals surface area contributed by atoms with E-state index in [4.69, 9.17) is 0 Å². The van der Waals surface area contributed by atoms with Crippen molar-refractivity contribution in [2.24, 2.45) is 5.92 Å². The van der Waals surface area contributed by atoms with Crippen LogP contribution < -0.4 is 0 Å². The van der Waals surface area contributed by atoms with Gasteiger partial charge in [0.15, 0.2) is 0 Å². The lowest BCUT2D eigenvalue weighted by Crippen LogP contribution is -2.10. The number of rotatable bonds is 0. The third kappa shape index (κ3) is 0.752. The van der Waals surface area contributed by atoms with Crippen molar-refractivity contribution in [3.63, 3.8) is 0 Å². The van der Waals surface area contributed by atoms with Crippen LogP contribution in [0, 0.1) is 5.92 Å². The number of hydrogen-bond acceptors (Lipinski definition) is 1. The summed E-state index contributed by atoms with van der Waals surface area (Å²) in [7, 11) is 2.17. The molecule has 0 aromatic carbocycles. The second-order valence-electron chi connectivity index (χ2n) is 3.42. The Morgan fingerprint density at radius 3 is 2.33 bits per heavy atom. The van der Waals surface area contributed by atoms with Gasteiger partial charge in [0.05, 0.1) is 6.54 Å². The van der Waals surface area contributed by atoms with Crippen LogP contribution in [0.5, 0.6) is 0 Å². The SMILES string of the molecule is CC1CC(=C2CN2C)C1. The normalized spacial score (nSPS) is 32.7. The van der Waals surface area contributed by atoms with E-state index in [0.29, 0.717) is 0 Å². The second kappa shape index (κ2) is 1.53. The van der Waals surface area contributed by atoms with Crippen molar-refractivity contribution in [2.45, 2.75) is 19.8 Å². The van der Waals surface area contributed by atoms with Gasteiger partial charge in [0, 0.05) is 12.7 Å². The predicted octanol–water partition coefficient (Wildman–Crippen LogP) is 1.62. The first-order chi connectivity index (χ1) is 4.27. The molecule has 2 aliphatic rings. The van der Waals surface area contributed by atoms with Crippen molar-refractivity contribution >= 4 is 0 Å². The molecule has 50 valence electrons. The van der Waals surface area contributed by atoms with Crippen LogP contribution in [0.1, 0.15) is 19.8 Å². The molecule has 2 rings (SSSR count). The fourth-order valence-electron chi connectivity index (χ4n) is 1.59. The smallest absolute Gasteiger partial charge is 0.0572 e. The van der Waals surface area contributed by atoms with Crippen LogP contribution in [0.15, 0.2) is 11.3 Å². The molecule has 0 aromatic heterocycles. The minimum Gasteiger partial charge on any atom is -0.371 e. The maximum atomic E-state index is 2.33. The van der Waals surface area contributed by atoms with Crippen LogP contribution in [0.3, 0.4) is 0 Å². The van der Waals surface area contributed by atoms with Crippen LogP contribution >= 0.6 is 0 Å². The molecule has 1 saturated heterocycles. The van der Waals surface area contributed by atoms with Crippen molar-refractivity contribution in [2.75, 3.05) is 13.6 Å². The average Bonchev–Trinajstić information content (AvgIpc) is 2.38. The molecule has 9 heavy (non-hydrogen) atoms. The van der Waals surface area contributed by atoms with Crippen molar-refractivity contribution in [1.29, 1.82) is 0 Å². The number of nitrogens with zero attached hydrogens (tertiary/aromatic N) is 1. The molecule has 1 nitrogen and oxygen atoms in total. The Morgan fingerprint density at radius 2 is 2.00 bits per heavy atom. The minimum atomic E-state index is 0.974. The lowest BCUT2D eigenvalue weighted by atomic mass is 9.81. The Balaban J connectivity index is 2.02. The molecule has 1 aliphatic heterocycles. The predicted molar refractivity (Wildman–Crippen MR) is 38.1 cm³/mol. The summed E-state index contributed by atoms with van der Waals surface area (Å²) in [5, 5.41) is 0. The molecule has 0 atom stereocenters. The van der Waals surface area contributed by atoms with Crippen LogP contribution in [0.25, 0.3) is 0 Å². The number of allylic oxidation sites excluding steroid dienone is 1. The molecule has 2 fully saturated rings. The largest absolute Gasteiger partial charge is 0.371 e. The number of likely N-dealkylation sites (N-methyl/N-ethyl adjacent to an activating group) is 1. The summed E-state index contributed by atoms with van der Waals surface area (Å²) >= 11 is 0. The van der Waals surface area contributed by atoms with Gasteiger partial charge in [-0.3, -0.25) is 0 Å². The van der Waals surface area contributed by atoms with Gasteiger partial charge in [0.2, 0.25) is 0 Å². The summed E-state index contributed by atoms with van der Waals surface area (Å²) in [6, 6.07) is 0. The highest BCUT2D eigenvalue weighted by atomic mass is 15.3. The fourth-order valence-corrected chi connectivity index (χ4v) is 1.59. The zero-order valence-electron chi connectivity index (χ0n) is 6.15. The average molecular weight is 123 g/mol. The first kappa shape index (κ1) is 5.33. The summed E-state index contributed by atoms with van der Waals surface area (Å²) in [5.74, 6) is 0.974. The maximum Gasteiger partial charge on any atom is 0.0572 e. The van der Waals surface area contributed by atoms with E-state index in [1.165, 1.54) is 19.4 Å². The van der Waals surface area contributed by atoms with Gasteiger partial charge < -0.3 is 4.90 Å². The highest BCUT2D eigenvalue weighted by Gasteiger charge is 2.30. The van der Waals surface area contributed by atoms with Gasteiger partial charge in [0.1, 0.15) is 0 Å². The van der Waals surface area contributed by atoms with Gasteiger partial charge >= 0.3 is 0 Å². The van der Waals surface area contributed by atoms with Crippen molar-refractivity contribution < 1.29 is 0 Å². The van der Waals surface area contributed by atoms with Crippen LogP contribution in [-0.4, -0.2) is 18.5 Å². The highest BCUT2D eigenvalue weighted by Crippen LogP contribution is 2.39. The van der Waals surface area contributed by atoms with Crippen molar-refractivity contribution in [1.82, 2.24) is 4.90 Å². The first-order valence-corrected chi connectivity index (χ1v) is 3.69. The Hall–Kier alpha value is -0.460. The van der Waals surface area contributed by atoms with Gasteiger partial charge in [-0.05, 0) is 24.3 Å². The third-order valence-electron chi connectivity index (χ3n) is 2.34. The Kier molecular flexibility index (Phi) is 0.904. The summed E-state index contributed by atoms with van der Waals surface area (Å²) in [5.41, 5.74) is 3.36. The molecule has 0 aromatic rings. The van der Waals surface area contributed by atoms with E-state index >= 15 is 0 Å². The van der Waals surface area contributed by atoms with Crippen molar-refractivity contribution in [3.8, 4) is 0 Å². The molecule has 0 spiro atoms. The molecule has 0 bridgehead atoms. The van der Waals surface area contributed by atoms with Gasteiger partial charge in [-0.25, -0.2) is 0 Å². The van der Waals surface area contributed by atoms with E-state index in [9.17, 15) is 0 Å². The lowest BCUT2D eigenvalue weighted by Gasteiger charge is -2.24. The topological polar surface area (TPSA) is 3.01 Å². The molecule has 1 heteroatoms. The summed E-state index contributed by atoms with van der Waals surface area (Å²) in [4.78, 5) is 2.33. The van der Waals surface area contributed by atoms with Gasteiger partial charge in [0.25, 0.3) is 0 Å². The van der Waals surface area contributed by atoms with Gasteiger partial charge in [-0.2, -0.15) is 0 Å². The van der Waals surface area contributed by atoms with Gasteiger partial charge in [-0.1, -0.05) is 6.92 Å². The molecule has 0 amide bonds. The second-order valence-corrected chi connectivity index (χ2v) is 3.42. The van der Waals surface area contributed by atoms with E-state index in [2.05, 4.69) is 18.9 Å². The Bertz CT molecular complexity index is 161. The standard InChI is InChI=1S/C8H13N/c1-6-3-7(4-6)8-5-9(8)2/h6H,3-5H2,1-2H3. The number of hydrogen-bond donors (Lipinski definition) is 0. The Labute approximate surface area is 56.4 Å². The van der Waals surface area contributed by atoms with E-state index < -0.39 is 0 Å². The molecule has 1 saturated carbocycles.